The number of carbonyl (C=O) groups is 1. The van der Waals surface area contributed by atoms with Crippen molar-refractivity contribution >= 4 is 12.0 Å². The van der Waals surface area contributed by atoms with Gasteiger partial charge in [0.2, 0.25) is 0 Å². The van der Waals surface area contributed by atoms with E-state index in [1.54, 1.807) is 23.8 Å². The molecule has 1 rings (SSSR count). The summed E-state index contributed by atoms with van der Waals surface area (Å²) in [4.78, 5) is 22.8. The zero-order valence-electron chi connectivity index (χ0n) is 10.9. The van der Waals surface area contributed by atoms with Crippen LogP contribution >= 0.6 is 0 Å². The lowest BCUT2D eigenvalue weighted by Gasteiger charge is -2.04. The third kappa shape index (κ3) is 4.57. The summed E-state index contributed by atoms with van der Waals surface area (Å²) in [6.07, 6.45) is 6.70. The molecule has 0 aliphatic heterocycles. The Morgan fingerprint density at radius 2 is 2.22 bits per heavy atom. The van der Waals surface area contributed by atoms with Crippen molar-refractivity contribution in [3.05, 3.63) is 40.3 Å². The highest BCUT2D eigenvalue weighted by Gasteiger charge is 1.98. The molecule has 98 valence electrons. The number of ether oxygens (including phenoxy) is 1. The molecule has 0 radical (unpaired) electrons. The summed E-state index contributed by atoms with van der Waals surface area (Å²) in [6.45, 7) is 4.92. The molecule has 1 aromatic heterocycles. The number of pyridine rings is 1. The molecule has 0 saturated heterocycles. The summed E-state index contributed by atoms with van der Waals surface area (Å²) in [7, 11) is 0. The van der Waals surface area contributed by atoms with Gasteiger partial charge in [-0.15, -0.1) is 0 Å². The van der Waals surface area contributed by atoms with Crippen LogP contribution in [-0.2, 0) is 16.1 Å². The summed E-state index contributed by atoms with van der Waals surface area (Å²) in [5.74, 6) is -0.396. The van der Waals surface area contributed by atoms with Gasteiger partial charge >= 0.3 is 5.97 Å². The minimum Gasteiger partial charge on any atom is -0.463 e. The average Bonchev–Trinajstić information content (AvgIpc) is 2.35. The lowest BCUT2D eigenvalue weighted by Crippen LogP contribution is -2.18. The molecule has 0 spiro atoms. The Bertz CT molecular complexity index is 474. The molecule has 0 fully saturated rings. The second-order valence-electron chi connectivity index (χ2n) is 3.93. The first-order valence-electron chi connectivity index (χ1n) is 6.22. The van der Waals surface area contributed by atoms with E-state index in [4.69, 9.17) is 4.74 Å². The van der Waals surface area contributed by atoms with Crippen molar-refractivity contribution in [3.8, 4) is 0 Å². The number of aryl methyl sites for hydroxylation is 1. The highest BCUT2D eigenvalue weighted by molar-refractivity contribution is 5.86. The molecule has 0 aliphatic rings. The van der Waals surface area contributed by atoms with Crippen LogP contribution in [0.1, 0.15) is 32.3 Å². The third-order valence-corrected chi connectivity index (χ3v) is 2.47. The normalized spacial score (nSPS) is 10.8. The smallest absolute Gasteiger partial charge is 0.330 e. The first kappa shape index (κ1) is 14.2. The van der Waals surface area contributed by atoms with Gasteiger partial charge in [0.05, 0.1) is 6.61 Å². The highest BCUT2D eigenvalue weighted by atomic mass is 16.5. The Morgan fingerprint density at radius 3 is 2.83 bits per heavy atom. The van der Waals surface area contributed by atoms with E-state index in [0.29, 0.717) is 12.2 Å². The second-order valence-corrected chi connectivity index (χ2v) is 3.93. The predicted octanol–water partition coefficient (Wildman–Crippen LogP) is 2.22. The number of aromatic nitrogens is 1. The first-order valence-corrected chi connectivity index (χ1v) is 6.22. The van der Waals surface area contributed by atoms with Gasteiger partial charge < -0.3 is 9.30 Å². The number of unbranched alkanes of at least 4 members (excludes halogenated alkanes) is 1. The van der Waals surface area contributed by atoms with Crippen LogP contribution in [0.5, 0.6) is 0 Å². The van der Waals surface area contributed by atoms with Crippen LogP contribution in [0.4, 0.5) is 0 Å². The fourth-order valence-electron chi connectivity index (χ4n) is 1.49. The van der Waals surface area contributed by atoms with E-state index in [0.717, 1.165) is 19.4 Å². The first-order chi connectivity index (χ1) is 8.67. The molecule has 0 unspecified atom stereocenters. The van der Waals surface area contributed by atoms with Crippen molar-refractivity contribution in [1.82, 2.24) is 4.57 Å². The molecule has 0 aliphatic carbocycles. The molecular formula is C14H19NO3. The zero-order valence-corrected chi connectivity index (χ0v) is 10.9. The van der Waals surface area contributed by atoms with Gasteiger partial charge in [0.15, 0.2) is 0 Å². The van der Waals surface area contributed by atoms with E-state index in [-0.39, 0.29) is 5.56 Å². The van der Waals surface area contributed by atoms with Crippen LogP contribution in [0.3, 0.4) is 0 Å². The number of carbonyl (C=O) groups excluding carboxylic acids is 1. The molecule has 0 aromatic carbocycles. The van der Waals surface area contributed by atoms with E-state index in [2.05, 4.69) is 6.92 Å². The molecule has 1 heterocycles. The standard InChI is InChI=1S/C14H19NO3/c1-3-5-9-15-10-8-12(11-13(15)16)6-7-14(17)18-4-2/h6-8,10-11H,3-5,9H2,1-2H3. The van der Waals surface area contributed by atoms with Crippen molar-refractivity contribution in [3.63, 3.8) is 0 Å². The van der Waals surface area contributed by atoms with Crippen LogP contribution in [0.2, 0.25) is 0 Å². The van der Waals surface area contributed by atoms with E-state index < -0.39 is 5.97 Å². The lowest BCUT2D eigenvalue weighted by atomic mass is 10.2. The molecular weight excluding hydrogens is 230 g/mol. The fraction of sp³-hybridized carbons (Fsp3) is 0.429. The van der Waals surface area contributed by atoms with Crippen molar-refractivity contribution in [2.75, 3.05) is 6.61 Å². The van der Waals surface area contributed by atoms with Crippen molar-refractivity contribution in [1.29, 1.82) is 0 Å². The summed E-state index contributed by atoms with van der Waals surface area (Å²) in [5, 5.41) is 0. The topological polar surface area (TPSA) is 48.3 Å². The number of hydrogen-bond donors (Lipinski definition) is 0. The second kappa shape index (κ2) is 7.48. The van der Waals surface area contributed by atoms with Crippen molar-refractivity contribution in [2.24, 2.45) is 0 Å². The summed E-state index contributed by atoms with van der Waals surface area (Å²) in [6, 6.07) is 3.33. The van der Waals surface area contributed by atoms with Crippen molar-refractivity contribution in [2.45, 2.75) is 33.2 Å². The SMILES string of the molecule is CCCCn1ccc(C=CC(=O)OCC)cc1=O. The van der Waals surface area contributed by atoms with Gasteiger partial charge in [-0.2, -0.15) is 0 Å². The third-order valence-electron chi connectivity index (χ3n) is 2.47. The number of hydrogen-bond acceptors (Lipinski definition) is 3. The fourth-order valence-corrected chi connectivity index (χ4v) is 1.49. The number of rotatable bonds is 6. The molecule has 4 heteroatoms. The molecule has 0 saturated carbocycles. The van der Waals surface area contributed by atoms with Crippen LogP contribution in [0.15, 0.2) is 29.2 Å². The van der Waals surface area contributed by atoms with Gasteiger partial charge in [-0.1, -0.05) is 13.3 Å². The molecule has 1 aromatic rings. The van der Waals surface area contributed by atoms with E-state index >= 15 is 0 Å². The molecule has 18 heavy (non-hydrogen) atoms. The van der Waals surface area contributed by atoms with Crippen LogP contribution < -0.4 is 5.56 Å². The Kier molecular flexibility index (Phi) is 5.91. The average molecular weight is 249 g/mol. The number of esters is 1. The summed E-state index contributed by atoms with van der Waals surface area (Å²) >= 11 is 0. The predicted molar refractivity (Wildman–Crippen MR) is 71.3 cm³/mol. The van der Waals surface area contributed by atoms with Gasteiger partial charge in [-0.05, 0) is 31.1 Å². The summed E-state index contributed by atoms with van der Waals surface area (Å²) in [5.41, 5.74) is 0.662. The van der Waals surface area contributed by atoms with Gasteiger partial charge in [0.1, 0.15) is 0 Å². The molecule has 0 atom stereocenters. The Labute approximate surface area is 107 Å². The van der Waals surface area contributed by atoms with Crippen LogP contribution in [-0.4, -0.2) is 17.1 Å². The largest absolute Gasteiger partial charge is 0.463 e. The maximum atomic E-state index is 11.7. The zero-order chi connectivity index (χ0) is 13.4. The monoisotopic (exact) mass is 249 g/mol. The van der Waals surface area contributed by atoms with Crippen LogP contribution in [0, 0.1) is 0 Å². The summed E-state index contributed by atoms with van der Waals surface area (Å²) < 4.78 is 6.43. The minimum atomic E-state index is -0.396. The van der Waals surface area contributed by atoms with Crippen LogP contribution in [0.25, 0.3) is 6.08 Å². The van der Waals surface area contributed by atoms with E-state index in [1.807, 2.05) is 6.07 Å². The maximum Gasteiger partial charge on any atom is 0.330 e. The molecule has 0 bridgehead atoms. The molecule has 0 N–H and O–H groups in total. The Hall–Kier alpha value is -1.84. The van der Waals surface area contributed by atoms with E-state index in [1.165, 1.54) is 12.1 Å². The highest BCUT2D eigenvalue weighted by Crippen LogP contribution is 2.00. The molecule has 4 nitrogen and oxygen atoms in total. The van der Waals surface area contributed by atoms with Gasteiger partial charge in [0, 0.05) is 24.9 Å². The quantitative estimate of drug-likeness (QED) is 0.573. The molecule has 0 amide bonds. The Morgan fingerprint density at radius 1 is 1.44 bits per heavy atom. The maximum absolute atomic E-state index is 11.7. The van der Waals surface area contributed by atoms with Crippen molar-refractivity contribution < 1.29 is 9.53 Å². The van der Waals surface area contributed by atoms with Gasteiger partial charge in [0.25, 0.3) is 5.56 Å². The lowest BCUT2D eigenvalue weighted by molar-refractivity contribution is -0.137. The Balaban J connectivity index is 2.72. The minimum absolute atomic E-state index is 0.0468. The number of nitrogens with zero attached hydrogens (tertiary/aromatic N) is 1. The van der Waals surface area contributed by atoms with Gasteiger partial charge in [-0.3, -0.25) is 4.79 Å². The van der Waals surface area contributed by atoms with Gasteiger partial charge in [-0.25, -0.2) is 4.79 Å². The van der Waals surface area contributed by atoms with E-state index in [9.17, 15) is 9.59 Å².